The summed E-state index contributed by atoms with van der Waals surface area (Å²) in [5.74, 6) is 0.868. The van der Waals surface area contributed by atoms with Gasteiger partial charge in [-0.2, -0.15) is 0 Å². The van der Waals surface area contributed by atoms with E-state index in [0.29, 0.717) is 5.82 Å². The highest BCUT2D eigenvalue weighted by atomic mass is 16.2. The molecule has 2 aliphatic rings. The number of pyridine rings is 1. The molecule has 0 aromatic carbocycles. The molecule has 2 fully saturated rings. The quantitative estimate of drug-likeness (QED) is 0.734. The number of amides is 1. The van der Waals surface area contributed by atoms with Crippen molar-refractivity contribution >= 4 is 17.4 Å². The number of hydrogen-bond donors (Lipinski definition) is 2. The highest BCUT2D eigenvalue weighted by Crippen LogP contribution is 2.31. The molecule has 2 atom stereocenters. The molecular weight excluding hydrogens is 216 g/mol. The summed E-state index contributed by atoms with van der Waals surface area (Å²) in [5, 5.41) is 2.95. The summed E-state index contributed by atoms with van der Waals surface area (Å²) in [6.45, 7) is 1.73. The number of fused-ring (bicyclic) bond motifs is 1. The van der Waals surface area contributed by atoms with Gasteiger partial charge in [0.25, 0.3) is 0 Å². The molecule has 2 saturated heterocycles. The van der Waals surface area contributed by atoms with Gasteiger partial charge in [0.1, 0.15) is 5.82 Å². The number of piperidine rings is 1. The van der Waals surface area contributed by atoms with Crippen LogP contribution in [0.2, 0.25) is 0 Å². The molecule has 1 aromatic heterocycles. The van der Waals surface area contributed by atoms with Gasteiger partial charge in [-0.05, 0) is 25.0 Å². The maximum absolute atomic E-state index is 11.7. The summed E-state index contributed by atoms with van der Waals surface area (Å²) in [6, 6.07) is 4.07. The van der Waals surface area contributed by atoms with Gasteiger partial charge in [-0.15, -0.1) is 0 Å². The number of nitrogens with two attached hydrogens (primary N) is 1. The summed E-state index contributed by atoms with van der Waals surface area (Å²) in [5.41, 5.74) is 6.65. The van der Waals surface area contributed by atoms with Crippen molar-refractivity contribution in [2.24, 2.45) is 5.92 Å². The van der Waals surface area contributed by atoms with E-state index in [2.05, 4.69) is 15.2 Å². The summed E-state index contributed by atoms with van der Waals surface area (Å²) < 4.78 is 0. The van der Waals surface area contributed by atoms with E-state index in [-0.39, 0.29) is 17.9 Å². The molecule has 3 heterocycles. The largest absolute Gasteiger partial charge is 0.384 e. The van der Waals surface area contributed by atoms with Crippen LogP contribution >= 0.6 is 0 Å². The molecule has 1 aromatic rings. The van der Waals surface area contributed by atoms with Crippen LogP contribution in [0.4, 0.5) is 11.5 Å². The Bertz CT molecular complexity index is 431. The lowest BCUT2D eigenvalue weighted by molar-refractivity contribution is -0.122. The normalized spacial score (nSPS) is 27.8. The number of carbonyl (C=O) groups is 1. The van der Waals surface area contributed by atoms with Crippen LogP contribution in [-0.2, 0) is 4.79 Å². The second-order valence-electron chi connectivity index (χ2n) is 4.70. The van der Waals surface area contributed by atoms with E-state index in [4.69, 9.17) is 5.73 Å². The molecule has 90 valence electrons. The van der Waals surface area contributed by atoms with Gasteiger partial charge < -0.3 is 16.0 Å². The molecule has 3 rings (SSSR count). The average Bonchev–Trinajstić information content (AvgIpc) is 2.73. The maximum Gasteiger partial charge on any atom is 0.225 e. The van der Waals surface area contributed by atoms with E-state index in [9.17, 15) is 4.79 Å². The summed E-state index contributed by atoms with van der Waals surface area (Å²) in [6.07, 6.45) is 3.84. The number of hydrogen-bond acceptors (Lipinski definition) is 4. The number of rotatable bonds is 1. The Labute approximate surface area is 100 Å². The molecule has 17 heavy (non-hydrogen) atoms. The molecule has 0 saturated carbocycles. The van der Waals surface area contributed by atoms with Crippen molar-refractivity contribution in [3.63, 3.8) is 0 Å². The Kier molecular flexibility index (Phi) is 2.39. The van der Waals surface area contributed by atoms with Crippen molar-refractivity contribution < 1.29 is 4.79 Å². The standard InChI is InChI=1S/C12H16N4O/c13-11-4-3-8(6-14-11)16-5-1-2-9-10(16)7-15-12(9)17/h3-4,6,9-10H,1-2,5,7H2,(H2,13,14)(H,15,17). The zero-order chi connectivity index (χ0) is 11.8. The van der Waals surface area contributed by atoms with Gasteiger partial charge in [-0.1, -0.05) is 0 Å². The molecule has 2 aliphatic heterocycles. The molecule has 0 bridgehead atoms. The minimum atomic E-state index is 0.140. The first-order valence-corrected chi connectivity index (χ1v) is 6.01. The van der Waals surface area contributed by atoms with Crippen LogP contribution in [0.1, 0.15) is 12.8 Å². The summed E-state index contributed by atoms with van der Waals surface area (Å²) in [4.78, 5) is 18.1. The molecule has 0 radical (unpaired) electrons. The second-order valence-corrected chi connectivity index (χ2v) is 4.70. The minimum absolute atomic E-state index is 0.140. The van der Waals surface area contributed by atoms with Crippen LogP contribution in [0.15, 0.2) is 18.3 Å². The van der Waals surface area contributed by atoms with Gasteiger partial charge in [0.05, 0.1) is 23.8 Å². The van der Waals surface area contributed by atoms with Crippen LogP contribution in [0, 0.1) is 5.92 Å². The van der Waals surface area contributed by atoms with Crippen molar-refractivity contribution in [1.29, 1.82) is 0 Å². The predicted octanol–water partition coefficient (Wildman–Crippen LogP) is 0.379. The molecule has 0 spiro atoms. The van der Waals surface area contributed by atoms with E-state index < -0.39 is 0 Å². The Morgan fingerprint density at radius 1 is 1.47 bits per heavy atom. The smallest absolute Gasteiger partial charge is 0.225 e. The van der Waals surface area contributed by atoms with Crippen LogP contribution < -0.4 is 16.0 Å². The van der Waals surface area contributed by atoms with Gasteiger partial charge in [-0.3, -0.25) is 4.79 Å². The number of nitrogens with zero attached hydrogens (tertiary/aromatic N) is 2. The first-order chi connectivity index (χ1) is 8.25. The van der Waals surface area contributed by atoms with E-state index in [1.54, 1.807) is 6.20 Å². The van der Waals surface area contributed by atoms with E-state index in [0.717, 1.165) is 31.6 Å². The first-order valence-electron chi connectivity index (χ1n) is 6.01. The minimum Gasteiger partial charge on any atom is -0.384 e. The fourth-order valence-corrected chi connectivity index (χ4v) is 2.84. The lowest BCUT2D eigenvalue weighted by Crippen LogP contribution is -2.45. The van der Waals surface area contributed by atoms with E-state index >= 15 is 0 Å². The van der Waals surface area contributed by atoms with Crippen molar-refractivity contribution in [2.45, 2.75) is 18.9 Å². The summed E-state index contributed by atoms with van der Waals surface area (Å²) >= 11 is 0. The van der Waals surface area contributed by atoms with Crippen molar-refractivity contribution in [1.82, 2.24) is 10.3 Å². The Balaban J connectivity index is 1.87. The lowest BCUT2D eigenvalue weighted by atomic mass is 9.91. The third kappa shape index (κ3) is 1.71. The van der Waals surface area contributed by atoms with Gasteiger partial charge in [0.2, 0.25) is 5.91 Å². The third-order valence-corrected chi connectivity index (χ3v) is 3.70. The molecule has 2 unspecified atom stereocenters. The maximum atomic E-state index is 11.7. The Morgan fingerprint density at radius 3 is 3.12 bits per heavy atom. The van der Waals surface area contributed by atoms with Crippen LogP contribution in [-0.4, -0.2) is 30.0 Å². The Morgan fingerprint density at radius 2 is 2.35 bits per heavy atom. The van der Waals surface area contributed by atoms with Crippen LogP contribution in [0.3, 0.4) is 0 Å². The fraction of sp³-hybridized carbons (Fsp3) is 0.500. The second kappa shape index (κ2) is 3.91. The zero-order valence-corrected chi connectivity index (χ0v) is 9.60. The van der Waals surface area contributed by atoms with E-state index in [1.807, 2.05) is 12.1 Å². The van der Waals surface area contributed by atoms with Crippen LogP contribution in [0.25, 0.3) is 0 Å². The first kappa shape index (κ1) is 10.4. The van der Waals surface area contributed by atoms with Gasteiger partial charge in [0, 0.05) is 13.1 Å². The molecule has 1 amide bonds. The van der Waals surface area contributed by atoms with E-state index in [1.165, 1.54) is 0 Å². The highest BCUT2D eigenvalue weighted by Gasteiger charge is 2.40. The molecule has 5 heteroatoms. The number of carbonyl (C=O) groups excluding carboxylic acids is 1. The van der Waals surface area contributed by atoms with Crippen molar-refractivity contribution in [3.05, 3.63) is 18.3 Å². The third-order valence-electron chi connectivity index (χ3n) is 3.70. The topological polar surface area (TPSA) is 71.2 Å². The number of anilines is 2. The van der Waals surface area contributed by atoms with Gasteiger partial charge in [0.15, 0.2) is 0 Å². The van der Waals surface area contributed by atoms with Crippen LogP contribution in [0.5, 0.6) is 0 Å². The predicted molar refractivity (Wildman–Crippen MR) is 65.5 cm³/mol. The number of aromatic nitrogens is 1. The number of nitrogen functional groups attached to an aromatic ring is 1. The Hall–Kier alpha value is -1.78. The lowest BCUT2D eigenvalue weighted by Gasteiger charge is -2.37. The number of nitrogens with one attached hydrogen (secondary N) is 1. The average molecular weight is 232 g/mol. The van der Waals surface area contributed by atoms with Crippen molar-refractivity contribution in [3.8, 4) is 0 Å². The van der Waals surface area contributed by atoms with Gasteiger partial charge in [-0.25, -0.2) is 4.98 Å². The molecule has 3 N–H and O–H groups in total. The monoisotopic (exact) mass is 232 g/mol. The summed E-state index contributed by atoms with van der Waals surface area (Å²) in [7, 11) is 0. The molecule has 0 aliphatic carbocycles. The zero-order valence-electron chi connectivity index (χ0n) is 9.60. The fourth-order valence-electron chi connectivity index (χ4n) is 2.84. The highest BCUT2D eigenvalue weighted by molar-refractivity contribution is 5.83. The van der Waals surface area contributed by atoms with Gasteiger partial charge >= 0.3 is 0 Å². The molecular formula is C12H16N4O. The SMILES string of the molecule is Nc1ccc(N2CCCC3C(=O)NCC32)cn1. The van der Waals surface area contributed by atoms with Crippen molar-refractivity contribution in [2.75, 3.05) is 23.7 Å². The molecule has 5 nitrogen and oxygen atoms in total.